The van der Waals surface area contributed by atoms with E-state index >= 15 is 0 Å². The number of thiophene rings is 1. The topological polar surface area (TPSA) is 87.1 Å². The number of hydrogen-bond donors (Lipinski definition) is 0. The van der Waals surface area contributed by atoms with Crippen molar-refractivity contribution in [1.82, 2.24) is 20.3 Å². The Morgan fingerprint density at radius 3 is 2.79 bits per heavy atom. The van der Waals surface area contributed by atoms with Crippen LogP contribution in [0.2, 0.25) is 0 Å². The van der Waals surface area contributed by atoms with Gasteiger partial charge < -0.3 is 13.8 Å². The zero-order valence-corrected chi connectivity index (χ0v) is 13.5. The van der Waals surface area contributed by atoms with E-state index in [-0.39, 0.29) is 6.61 Å². The number of ether oxygens (including phenoxy) is 1. The molecule has 24 heavy (non-hydrogen) atoms. The Labute approximate surface area is 140 Å². The third kappa shape index (κ3) is 2.91. The second-order valence-corrected chi connectivity index (χ2v) is 5.73. The molecule has 0 radical (unpaired) electrons. The summed E-state index contributed by atoms with van der Waals surface area (Å²) in [5, 5.41) is 11.8. The number of aromatic nitrogens is 4. The molecule has 0 unspecified atom stereocenters. The van der Waals surface area contributed by atoms with Crippen LogP contribution in [0.4, 0.5) is 0 Å². The molecule has 0 aliphatic rings. The lowest BCUT2D eigenvalue weighted by Crippen LogP contribution is -1.99. The maximum atomic E-state index is 5.78. The lowest BCUT2D eigenvalue weighted by atomic mass is 10.2. The Bertz CT molecular complexity index is 946. The van der Waals surface area contributed by atoms with Crippen LogP contribution in [0.3, 0.4) is 0 Å². The minimum absolute atomic E-state index is 0.194. The standard InChI is InChI=1S/C16H12N4O3S/c1-10-17-14(19-22-10)8-21-13-5-3-2-4-12(13)16-18-15(20-23-16)11-6-7-24-9-11/h2-7,9H,8H2,1H3. The largest absolute Gasteiger partial charge is 0.485 e. The lowest BCUT2D eigenvalue weighted by molar-refractivity contribution is 0.285. The smallest absolute Gasteiger partial charge is 0.262 e. The highest BCUT2D eigenvalue weighted by atomic mass is 32.1. The third-order valence-electron chi connectivity index (χ3n) is 3.25. The fraction of sp³-hybridized carbons (Fsp3) is 0.125. The normalized spacial score (nSPS) is 10.9. The van der Waals surface area contributed by atoms with Gasteiger partial charge in [0.25, 0.3) is 5.89 Å². The summed E-state index contributed by atoms with van der Waals surface area (Å²) in [7, 11) is 0. The molecule has 3 aromatic heterocycles. The van der Waals surface area contributed by atoms with Gasteiger partial charge in [-0.05, 0) is 23.6 Å². The van der Waals surface area contributed by atoms with Crippen LogP contribution in [0.5, 0.6) is 5.75 Å². The Balaban J connectivity index is 1.59. The van der Waals surface area contributed by atoms with E-state index in [0.717, 1.165) is 5.56 Å². The van der Waals surface area contributed by atoms with E-state index in [1.54, 1.807) is 18.3 Å². The summed E-state index contributed by atoms with van der Waals surface area (Å²) < 4.78 is 16.1. The fourth-order valence-corrected chi connectivity index (χ4v) is 2.79. The summed E-state index contributed by atoms with van der Waals surface area (Å²) in [4.78, 5) is 8.55. The summed E-state index contributed by atoms with van der Waals surface area (Å²) >= 11 is 1.58. The highest BCUT2D eigenvalue weighted by molar-refractivity contribution is 7.08. The second-order valence-electron chi connectivity index (χ2n) is 4.95. The molecule has 7 nitrogen and oxygen atoms in total. The Morgan fingerprint density at radius 1 is 1.08 bits per heavy atom. The van der Waals surface area contributed by atoms with Crippen LogP contribution in [0, 0.1) is 6.92 Å². The van der Waals surface area contributed by atoms with E-state index < -0.39 is 0 Å². The van der Waals surface area contributed by atoms with Gasteiger partial charge >= 0.3 is 0 Å². The molecule has 4 aromatic rings. The lowest BCUT2D eigenvalue weighted by Gasteiger charge is -2.06. The molecule has 8 heteroatoms. The maximum absolute atomic E-state index is 5.78. The molecule has 0 aliphatic heterocycles. The van der Waals surface area contributed by atoms with Crippen LogP contribution in [-0.2, 0) is 6.61 Å². The molecular weight excluding hydrogens is 328 g/mol. The first-order valence-electron chi connectivity index (χ1n) is 7.17. The van der Waals surface area contributed by atoms with Gasteiger partial charge in [-0.3, -0.25) is 0 Å². The molecule has 0 saturated carbocycles. The zero-order valence-electron chi connectivity index (χ0n) is 12.7. The van der Waals surface area contributed by atoms with Crippen LogP contribution < -0.4 is 4.74 Å². The Hall–Kier alpha value is -3.00. The van der Waals surface area contributed by atoms with E-state index in [9.17, 15) is 0 Å². The molecule has 4 rings (SSSR count). The van der Waals surface area contributed by atoms with Crippen LogP contribution in [0.15, 0.2) is 50.1 Å². The molecule has 0 saturated heterocycles. The molecule has 0 aliphatic carbocycles. The van der Waals surface area contributed by atoms with Crippen molar-refractivity contribution < 1.29 is 13.8 Å². The van der Waals surface area contributed by atoms with E-state index in [0.29, 0.717) is 34.7 Å². The fourth-order valence-electron chi connectivity index (χ4n) is 2.15. The number of nitrogens with zero attached hydrogens (tertiary/aromatic N) is 4. The van der Waals surface area contributed by atoms with E-state index in [2.05, 4.69) is 20.3 Å². The van der Waals surface area contributed by atoms with Gasteiger partial charge in [-0.2, -0.15) is 21.3 Å². The maximum Gasteiger partial charge on any atom is 0.262 e. The molecule has 3 heterocycles. The van der Waals surface area contributed by atoms with Gasteiger partial charge in [0, 0.05) is 17.9 Å². The van der Waals surface area contributed by atoms with Crippen LogP contribution in [-0.4, -0.2) is 20.3 Å². The van der Waals surface area contributed by atoms with E-state index in [4.69, 9.17) is 13.8 Å². The quantitative estimate of drug-likeness (QED) is 0.547. The summed E-state index contributed by atoms with van der Waals surface area (Å²) in [5.41, 5.74) is 1.64. The van der Waals surface area contributed by atoms with Gasteiger partial charge in [-0.1, -0.05) is 22.4 Å². The van der Waals surface area contributed by atoms with Gasteiger partial charge in [0.15, 0.2) is 6.61 Å². The minimum atomic E-state index is 0.194. The van der Waals surface area contributed by atoms with E-state index in [1.807, 2.05) is 41.1 Å². The van der Waals surface area contributed by atoms with E-state index in [1.165, 1.54) is 0 Å². The molecule has 0 fully saturated rings. The number of rotatable bonds is 5. The van der Waals surface area contributed by atoms with Crippen LogP contribution in [0.1, 0.15) is 11.7 Å². The molecule has 120 valence electrons. The van der Waals surface area contributed by atoms with Gasteiger partial charge in [-0.25, -0.2) is 0 Å². The van der Waals surface area contributed by atoms with Crippen molar-refractivity contribution in [3.8, 4) is 28.6 Å². The highest BCUT2D eigenvalue weighted by Crippen LogP contribution is 2.30. The number of hydrogen-bond acceptors (Lipinski definition) is 8. The first-order valence-corrected chi connectivity index (χ1v) is 8.11. The zero-order chi connectivity index (χ0) is 16.4. The summed E-state index contributed by atoms with van der Waals surface area (Å²) in [5.74, 6) is 2.54. The first-order chi connectivity index (χ1) is 11.8. The second kappa shape index (κ2) is 6.25. The van der Waals surface area contributed by atoms with Crippen molar-refractivity contribution in [1.29, 1.82) is 0 Å². The number of benzene rings is 1. The first kappa shape index (κ1) is 14.6. The van der Waals surface area contributed by atoms with Crippen LogP contribution >= 0.6 is 11.3 Å². The van der Waals surface area contributed by atoms with Crippen molar-refractivity contribution in [2.24, 2.45) is 0 Å². The highest BCUT2D eigenvalue weighted by Gasteiger charge is 2.15. The van der Waals surface area contributed by atoms with Crippen molar-refractivity contribution in [3.05, 3.63) is 52.8 Å². The average molecular weight is 340 g/mol. The summed E-state index contributed by atoms with van der Waals surface area (Å²) in [6, 6.07) is 9.39. The van der Waals surface area contributed by atoms with Crippen molar-refractivity contribution in [2.75, 3.05) is 0 Å². The molecule has 0 atom stereocenters. The number of para-hydroxylation sites is 1. The molecule has 0 amide bonds. The predicted molar refractivity (Wildman–Crippen MR) is 86.4 cm³/mol. The van der Waals surface area contributed by atoms with Gasteiger partial charge in [0.05, 0.1) is 5.56 Å². The van der Waals surface area contributed by atoms with Crippen LogP contribution in [0.25, 0.3) is 22.8 Å². The molecule has 0 bridgehead atoms. The third-order valence-corrected chi connectivity index (χ3v) is 3.93. The van der Waals surface area contributed by atoms with Gasteiger partial charge in [-0.15, -0.1) is 0 Å². The minimum Gasteiger partial charge on any atom is -0.485 e. The van der Waals surface area contributed by atoms with Crippen molar-refractivity contribution in [2.45, 2.75) is 13.5 Å². The monoisotopic (exact) mass is 340 g/mol. The average Bonchev–Trinajstić information content (AvgIpc) is 3.34. The SMILES string of the molecule is Cc1nc(COc2ccccc2-c2nc(-c3ccsc3)no2)no1. The number of aryl methyl sites for hydroxylation is 1. The molecule has 1 aromatic carbocycles. The molecular formula is C16H12N4O3S. The van der Waals surface area contributed by atoms with Gasteiger partial charge in [0.2, 0.25) is 17.5 Å². The Morgan fingerprint density at radius 2 is 2.00 bits per heavy atom. The van der Waals surface area contributed by atoms with Crippen molar-refractivity contribution >= 4 is 11.3 Å². The molecule has 0 N–H and O–H groups in total. The summed E-state index contributed by atoms with van der Waals surface area (Å²) in [6.07, 6.45) is 0. The molecule has 0 spiro atoms. The predicted octanol–water partition coefficient (Wildman–Crippen LogP) is 3.74. The summed E-state index contributed by atoms with van der Waals surface area (Å²) in [6.45, 7) is 1.93. The van der Waals surface area contributed by atoms with Gasteiger partial charge in [0.1, 0.15) is 5.75 Å². The van der Waals surface area contributed by atoms with Crippen molar-refractivity contribution in [3.63, 3.8) is 0 Å². The Kier molecular flexibility index (Phi) is 3.80.